The first-order chi connectivity index (χ1) is 8.70. The second-order valence-corrected chi connectivity index (χ2v) is 5.10. The largest absolute Gasteiger partial charge is 0.487 e. The Balaban J connectivity index is 2.00. The van der Waals surface area contributed by atoms with Crippen LogP contribution in [0.3, 0.4) is 0 Å². The van der Waals surface area contributed by atoms with Crippen LogP contribution in [0.15, 0.2) is 12.1 Å². The summed E-state index contributed by atoms with van der Waals surface area (Å²) in [6.45, 7) is 0.397. The Morgan fingerprint density at radius 2 is 1.72 bits per heavy atom. The number of alkyl halides is 1. The zero-order chi connectivity index (χ0) is 13.0. The standard InChI is InChI=1S/C14H17ClF2O/c15-8-11-6-12(16)14(13(17)7-11)18-9-10-4-2-1-3-5-10/h6-7,10H,1-5,8-9H2. The van der Waals surface area contributed by atoms with E-state index >= 15 is 0 Å². The Labute approximate surface area is 111 Å². The highest BCUT2D eigenvalue weighted by molar-refractivity contribution is 6.17. The van der Waals surface area contributed by atoms with Crippen molar-refractivity contribution in [1.29, 1.82) is 0 Å². The lowest BCUT2D eigenvalue weighted by atomic mass is 9.90. The summed E-state index contributed by atoms with van der Waals surface area (Å²) >= 11 is 5.55. The molecular weight excluding hydrogens is 258 g/mol. The number of rotatable bonds is 4. The van der Waals surface area contributed by atoms with Gasteiger partial charge in [0, 0.05) is 5.88 Å². The number of halogens is 3. The third kappa shape index (κ3) is 3.35. The van der Waals surface area contributed by atoms with Gasteiger partial charge in [-0.05, 0) is 36.5 Å². The van der Waals surface area contributed by atoms with Crippen LogP contribution in [0.25, 0.3) is 0 Å². The van der Waals surface area contributed by atoms with Crippen molar-refractivity contribution < 1.29 is 13.5 Å². The molecule has 100 valence electrons. The molecule has 0 saturated heterocycles. The van der Waals surface area contributed by atoms with Gasteiger partial charge < -0.3 is 4.74 Å². The molecule has 0 aliphatic heterocycles. The van der Waals surface area contributed by atoms with Crippen LogP contribution < -0.4 is 4.74 Å². The molecule has 4 heteroatoms. The van der Waals surface area contributed by atoms with E-state index in [4.69, 9.17) is 16.3 Å². The lowest BCUT2D eigenvalue weighted by Gasteiger charge is -2.22. The third-order valence-corrected chi connectivity index (χ3v) is 3.71. The molecule has 0 heterocycles. The molecule has 0 aromatic heterocycles. The minimum atomic E-state index is -0.665. The van der Waals surface area contributed by atoms with E-state index in [9.17, 15) is 8.78 Å². The zero-order valence-corrected chi connectivity index (χ0v) is 11.0. The van der Waals surface area contributed by atoms with E-state index in [1.54, 1.807) is 0 Å². The Hall–Kier alpha value is -0.830. The van der Waals surface area contributed by atoms with Crippen LogP contribution >= 0.6 is 11.6 Å². The van der Waals surface area contributed by atoms with E-state index in [2.05, 4.69) is 0 Å². The maximum atomic E-state index is 13.6. The van der Waals surface area contributed by atoms with Gasteiger partial charge in [0.2, 0.25) is 0 Å². The van der Waals surface area contributed by atoms with Gasteiger partial charge in [0.05, 0.1) is 6.61 Å². The summed E-state index contributed by atoms with van der Waals surface area (Å²) < 4.78 is 32.6. The van der Waals surface area contributed by atoms with Gasteiger partial charge in [-0.25, -0.2) is 8.78 Å². The first kappa shape index (κ1) is 13.6. The van der Waals surface area contributed by atoms with Gasteiger partial charge >= 0.3 is 0 Å². The van der Waals surface area contributed by atoms with Gasteiger partial charge in [-0.3, -0.25) is 0 Å². The predicted molar refractivity (Wildman–Crippen MR) is 68.0 cm³/mol. The lowest BCUT2D eigenvalue weighted by Crippen LogP contribution is -2.16. The molecule has 18 heavy (non-hydrogen) atoms. The molecule has 0 bridgehead atoms. The molecule has 0 N–H and O–H groups in total. The molecule has 1 nitrogen and oxygen atoms in total. The fraction of sp³-hybridized carbons (Fsp3) is 0.571. The quantitative estimate of drug-likeness (QED) is 0.726. The number of hydrogen-bond donors (Lipinski definition) is 0. The second-order valence-electron chi connectivity index (χ2n) is 4.84. The monoisotopic (exact) mass is 274 g/mol. The van der Waals surface area contributed by atoms with Crippen LogP contribution in [0, 0.1) is 17.6 Å². The third-order valence-electron chi connectivity index (χ3n) is 3.40. The van der Waals surface area contributed by atoms with Crippen LogP contribution in [-0.2, 0) is 5.88 Å². The van der Waals surface area contributed by atoms with Crippen molar-refractivity contribution >= 4 is 11.6 Å². The molecular formula is C14H17ClF2O. The molecule has 0 spiro atoms. The van der Waals surface area contributed by atoms with Gasteiger partial charge in [0.1, 0.15) is 0 Å². The molecule has 0 radical (unpaired) electrons. The number of ether oxygens (including phenoxy) is 1. The molecule has 0 unspecified atom stereocenters. The average Bonchev–Trinajstić information content (AvgIpc) is 2.38. The maximum absolute atomic E-state index is 13.6. The summed E-state index contributed by atoms with van der Waals surface area (Å²) in [7, 11) is 0. The number of hydrogen-bond acceptors (Lipinski definition) is 1. The normalized spacial score (nSPS) is 16.8. The highest BCUT2D eigenvalue weighted by atomic mass is 35.5. The van der Waals surface area contributed by atoms with Crippen molar-refractivity contribution in [2.45, 2.75) is 38.0 Å². The first-order valence-electron chi connectivity index (χ1n) is 6.37. The highest BCUT2D eigenvalue weighted by Crippen LogP contribution is 2.28. The SMILES string of the molecule is Fc1cc(CCl)cc(F)c1OCC1CCCCC1. The molecule has 2 rings (SSSR count). The van der Waals surface area contributed by atoms with Gasteiger partial charge in [-0.2, -0.15) is 0 Å². The van der Waals surface area contributed by atoms with E-state index in [1.165, 1.54) is 31.4 Å². The minimum Gasteiger partial charge on any atom is -0.487 e. The Bertz CT molecular complexity index is 380. The van der Waals surface area contributed by atoms with Crippen molar-refractivity contribution in [3.63, 3.8) is 0 Å². The number of benzene rings is 1. The Morgan fingerprint density at radius 3 is 2.28 bits per heavy atom. The fourth-order valence-electron chi connectivity index (χ4n) is 2.38. The Kier molecular flexibility index (Phi) is 4.81. The van der Waals surface area contributed by atoms with Crippen LogP contribution in [0.2, 0.25) is 0 Å². The van der Waals surface area contributed by atoms with Crippen molar-refractivity contribution in [3.8, 4) is 5.75 Å². The summed E-state index contributed by atoms with van der Waals surface area (Å²) in [5.41, 5.74) is 0.427. The van der Waals surface area contributed by atoms with Gasteiger partial charge in [0.25, 0.3) is 0 Å². The van der Waals surface area contributed by atoms with Crippen molar-refractivity contribution in [2.24, 2.45) is 5.92 Å². The van der Waals surface area contributed by atoms with E-state index < -0.39 is 11.6 Å². The average molecular weight is 275 g/mol. The summed E-state index contributed by atoms with van der Waals surface area (Å²) in [5, 5.41) is 0. The molecule has 1 fully saturated rings. The van der Waals surface area contributed by atoms with Crippen molar-refractivity contribution in [3.05, 3.63) is 29.3 Å². The van der Waals surface area contributed by atoms with E-state index in [-0.39, 0.29) is 11.6 Å². The Morgan fingerprint density at radius 1 is 1.11 bits per heavy atom. The van der Waals surface area contributed by atoms with Gasteiger partial charge in [-0.1, -0.05) is 19.3 Å². The zero-order valence-electron chi connectivity index (χ0n) is 10.2. The van der Waals surface area contributed by atoms with Gasteiger partial charge in [-0.15, -0.1) is 11.6 Å². The maximum Gasteiger partial charge on any atom is 0.190 e. The van der Waals surface area contributed by atoms with Crippen LogP contribution in [0.4, 0.5) is 8.78 Å². The molecule has 0 amide bonds. The molecule has 1 aliphatic carbocycles. The molecule has 1 saturated carbocycles. The smallest absolute Gasteiger partial charge is 0.190 e. The predicted octanol–water partition coefficient (Wildman–Crippen LogP) is 4.66. The topological polar surface area (TPSA) is 9.23 Å². The summed E-state index contributed by atoms with van der Waals surface area (Å²) in [4.78, 5) is 0. The van der Waals surface area contributed by atoms with Crippen LogP contribution in [-0.4, -0.2) is 6.61 Å². The lowest BCUT2D eigenvalue weighted by molar-refractivity contribution is 0.195. The van der Waals surface area contributed by atoms with E-state index in [0.717, 1.165) is 12.8 Å². The van der Waals surface area contributed by atoms with Crippen LogP contribution in [0.5, 0.6) is 5.75 Å². The van der Waals surface area contributed by atoms with Crippen molar-refractivity contribution in [1.82, 2.24) is 0 Å². The summed E-state index contributed by atoms with van der Waals surface area (Å²) in [5.74, 6) is -1.08. The van der Waals surface area contributed by atoms with E-state index in [1.807, 2.05) is 0 Å². The van der Waals surface area contributed by atoms with Crippen molar-refractivity contribution in [2.75, 3.05) is 6.61 Å². The molecule has 1 aromatic rings. The minimum absolute atomic E-state index is 0.0940. The van der Waals surface area contributed by atoms with E-state index in [0.29, 0.717) is 18.1 Å². The fourth-order valence-corrected chi connectivity index (χ4v) is 2.54. The van der Waals surface area contributed by atoms with Crippen LogP contribution in [0.1, 0.15) is 37.7 Å². The molecule has 1 aliphatic rings. The first-order valence-corrected chi connectivity index (χ1v) is 6.91. The van der Waals surface area contributed by atoms with Gasteiger partial charge in [0.15, 0.2) is 17.4 Å². The summed E-state index contributed by atoms with van der Waals surface area (Å²) in [6.07, 6.45) is 5.80. The molecule has 1 aromatic carbocycles. The summed E-state index contributed by atoms with van der Waals surface area (Å²) in [6, 6.07) is 2.46. The molecule has 0 atom stereocenters. The highest BCUT2D eigenvalue weighted by Gasteiger charge is 2.17. The second kappa shape index (κ2) is 6.37.